The van der Waals surface area contributed by atoms with Gasteiger partial charge in [0.15, 0.2) is 6.54 Å². The molecule has 3 N–H and O–H groups in total. The van der Waals surface area contributed by atoms with Gasteiger partial charge in [0.1, 0.15) is 5.69 Å². The number of rotatable bonds is 6. The zero-order valence-corrected chi connectivity index (χ0v) is 18.2. The maximum atomic E-state index is 12.8. The number of quaternary nitrogens is 1. The van der Waals surface area contributed by atoms with Crippen LogP contribution in [0.15, 0.2) is 48.5 Å². The fourth-order valence-electron chi connectivity index (χ4n) is 4.52. The van der Waals surface area contributed by atoms with Crippen molar-refractivity contribution in [2.24, 2.45) is 5.92 Å². The molecule has 4 rings (SSSR count). The molecule has 2 heterocycles. The fourth-order valence-corrected chi connectivity index (χ4v) is 4.52. The zero-order valence-electron chi connectivity index (χ0n) is 18.2. The van der Waals surface area contributed by atoms with Crippen LogP contribution in [0.1, 0.15) is 34.5 Å². The van der Waals surface area contributed by atoms with Crippen LogP contribution >= 0.6 is 0 Å². The third-order valence-corrected chi connectivity index (χ3v) is 6.20. The van der Waals surface area contributed by atoms with Gasteiger partial charge in [-0.2, -0.15) is 0 Å². The molecule has 1 amide bonds. The Morgan fingerprint density at radius 3 is 2.58 bits per heavy atom. The number of anilines is 1. The number of carbonyl (C=O) groups is 2. The van der Waals surface area contributed by atoms with Crippen molar-refractivity contribution in [3.8, 4) is 0 Å². The number of aromatic nitrogens is 1. The van der Waals surface area contributed by atoms with Gasteiger partial charge in [0.2, 0.25) is 0 Å². The molecule has 1 aliphatic heterocycles. The van der Waals surface area contributed by atoms with Crippen LogP contribution in [-0.2, 0) is 16.0 Å². The van der Waals surface area contributed by atoms with E-state index in [4.69, 9.17) is 4.74 Å². The minimum atomic E-state index is -0.488. The van der Waals surface area contributed by atoms with E-state index >= 15 is 0 Å². The maximum absolute atomic E-state index is 12.8. The summed E-state index contributed by atoms with van der Waals surface area (Å²) in [6, 6.07) is 16.5. The third kappa shape index (κ3) is 4.97. The number of piperidine rings is 1. The first-order chi connectivity index (χ1) is 15.0. The molecule has 6 nitrogen and oxygen atoms in total. The van der Waals surface area contributed by atoms with Crippen LogP contribution in [0.5, 0.6) is 0 Å². The number of nitrogens with one attached hydrogen (secondary N) is 3. The van der Waals surface area contributed by atoms with Gasteiger partial charge in [-0.1, -0.05) is 42.5 Å². The molecule has 0 radical (unpaired) electrons. The lowest BCUT2D eigenvalue weighted by molar-refractivity contribution is -0.898. The molecule has 0 atom stereocenters. The summed E-state index contributed by atoms with van der Waals surface area (Å²) >= 11 is 0. The average molecular weight is 421 g/mol. The predicted octanol–water partition coefficient (Wildman–Crippen LogP) is 2.74. The number of ether oxygens (including phenoxy) is 1. The number of likely N-dealkylation sites (tertiary alicyclic amines) is 1. The number of hydrogen-bond donors (Lipinski definition) is 3. The summed E-state index contributed by atoms with van der Waals surface area (Å²) in [6.45, 7) is 4.36. The molecule has 162 valence electrons. The van der Waals surface area contributed by atoms with Gasteiger partial charge in [-0.25, -0.2) is 4.79 Å². The summed E-state index contributed by atoms with van der Waals surface area (Å²) in [4.78, 5) is 29.5. The lowest BCUT2D eigenvalue weighted by atomic mass is 9.90. The number of hydrogen-bond acceptors (Lipinski definition) is 3. The van der Waals surface area contributed by atoms with Crippen molar-refractivity contribution < 1.29 is 19.2 Å². The van der Waals surface area contributed by atoms with Gasteiger partial charge in [0.25, 0.3) is 5.91 Å². The second kappa shape index (κ2) is 9.35. The van der Waals surface area contributed by atoms with Gasteiger partial charge in [-0.05, 0) is 49.3 Å². The number of aromatic amines is 1. The molecular formula is C25H30N3O3+. The molecule has 0 unspecified atom stereocenters. The van der Waals surface area contributed by atoms with E-state index in [2.05, 4.69) is 40.6 Å². The first-order valence-corrected chi connectivity index (χ1v) is 10.9. The van der Waals surface area contributed by atoms with Gasteiger partial charge in [0.05, 0.1) is 25.9 Å². The molecular weight excluding hydrogens is 390 g/mol. The van der Waals surface area contributed by atoms with Crippen LogP contribution in [0.4, 0.5) is 5.69 Å². The molecule has 6 heteroatoms. The lowest BCUT2D eigenvalue weighted by Gasteiger charge is -2.29. The van der Waals surface area contributed by atoms with Gasteiger partial charge < -0.3 is 19.9 Å². The van der Waals surface area contributed by atoms with Gasteiger partial charge in [-0.3, -0.25) is 4.79 Å². The van der Waals surface area contributed by atoms with Crippen molar-refractivity contribution in [1.29, 1.82) is 0 Å². The smallest absolute Gasteiger partial charge is 0.356 e. The Bertz CT molecular complexity index is 1070. The highest BCUT2D eigenvalue weighted by Gasteiger charge is 2.26. The van der Waals surface area contributed by atoms with Crippen LogP contribution in [0, 0.1) is 12.8 Å². The number of methoxy groups -OCH3 is 1. The number of fused-ring (bicyclic) bond motifs is 1. The molecule has 2 aromatic carbocycles. The molecule has 1 saturated heterocycles. The summed E-state index contributed by atoms with van der Waals surface area (Å²) < 4.78 is 4.90. The zero-order chi connectivity index (χ0) is 21.8. The Balaban J connectivity index is 1.38. The summed E-state index contributed by atoms with van der Waals surface area (Å²) in [7, 11) is 1.34. The lowest BCUT2D eigenvalue weighted by Crippen LogP contribution is -3.14. The summed E-state index contributed by atoms with van der Waals surface area (Å²) in [5, 5.41) is 3.79. The van der Waals surface area contributed by atoms with Crippen molar-refractivity contribution in [3.63, 3.8) is 0 Å². The summed E-state index contributed by atoms with van der Waals surface area (Å²) in [5.74, 6) is 0.110. The van der Waals surface area contributed by atoms with E-state index in [1.807, 2.05) is 25.1 Å². The van der Waals surface area contributed by atoms with Crippen LogP contribution in [0.25, 0.3) is 10.9 Å². The molecule has 31 heavy (non-hydrogen) atoms. The van der Waals surface area contributed by atoms with E-state index in [-0.39, 0.29) is 11.6 Å². The van der Waals surface area contributed by atoms with Crippen LogP contribution in [-0.4, -0.2) is 43.6 Å². The van der Waals surface area contributed by atoms with Crippen molar-refractivity contribution in [1.82, 2.24) is 4.98 Å². The van der Waals surface area contributed by atoms with Crippen LogP contribution < -0.4 is 10.2 Å². The highest BCUT2D eigenvalue weighted by Crippen LogP contribution is 2.29. The van der Waals surface area contributed by atoms with Crippen LogP contribution in [0.3, 0.4) is 0 Å². The average Bonchev–Trinajstić information content (AvgIpc) is 3.12. The summed E-state index contributed by atoms with van der Waals surface area (Å²) in [5.41, 5.74) is 4.06. The van der Waals surface area contributed by atoms with Crippen molar-refractivity contribution in [2.45, 2.75) is 26.2 Å². The van der Waals surface area contributed by atoms with E-state index in [0.717, 1.165) is 48.8 Å². The molecule has 1 aromatic heterocycles. The maximum Gasteiger partial charge on any atom is 0.356 e. The van der Waals surface area contributed by atoms with E-state index in [1.165, 1.54) is 17.6 Å². The van der Waals surface area contributed by atoms with E-state index in [0.29, 0.717) is 18.2 Å². The van der Waals surface area contributed by atoms with Gasteiger partial charge >= 0.3 is 5.97 Å². The molecule has 0 saturated carbocycles. The van der Waals surface area contributed by atoms with Gasteiger partial charge in [0, 0.05) is 10.9 Å². The van der Waals surface area contributed by atoms with E-state index in [1.54, 1.807) is 0 Å². The van der Waals surface area contributed by atoms with Gasteiger partial charge in [-0.15, -0.1) is 0 Å². The molecule has 0 spiro atoms. The van der Waals surface area contributed by atoms with Crippen molar-refractivity contribution in [3.05, 3.63) is 65.4 Å². The number of aryl methyl sites for hydroxylation is 1. The number of H-pyrrole nitrogens is 1. The molecule has 0 bridgehead atoms. The Labute approximate surface area is 182 Å². The summed E-state index contributed by atoms with van der Waals surface area (Å²) in [6.07, 6.45) is 3.35. The van der Waals surface area contributed by atoms with Crippen molar-refractivity contribution >= 4 is 28.5 Å². The predicted molar refractivity (Wildman–Crippen MR) is 121 cm³/mol. The van der Waals surface area contributed by atoms with E-state index < -0.39 is 5.97 Å². The SMILES string of the molecule is COC(=O)c1[nH]c2cc(C)ccc2c1NC(=O)C[NH+]1CCC(Cc2ccccc2)CC1. The number of esters is 1. The molecule has 0 aliphatic carbocycles. The first-order valence-electron chi connectivity index (χ1n) is 10.9. The topological polar surface area (TPSA) is 75.6 Å². The van der Waals surface area contributed by atoms with Crippen molar-refractivity contribution in [2.75, 3.05) is 32.1 Å². The minimum absolute atomic E-state index is 0.0804. The normalized spacial score (nSPS) is 18.6. The highest BCUT2D eigenvalue weighted by atomic mass is 16.5. The number of benzene rings is 2. The number of carbonyl (C=O) groups excluding carboxylic acids is 2. The first kappa shape index (κ1) is 21.1. The quantitative estimate of drug-likeness (QED) is 0.537. The Morgan fingerprint density at radius 2 is 1.87 bits per heavy atom. The van der Waals surface area contributed by atoms with Crippen LogP contribution in [0.2, 0.25) is 0 Å². The monoisotopic (exact) mass is 420 g/mol. The molecule has 1 aliphatic rings. The Hall–Kier alpha value is -3.12. The highest BCUT2D eigenvalue weighted by molar-refractivity contribution is 6.11. The van der Waals surface area contributed by atoms with E-state index in [9.17, 15) is 9.59 Å². The minimum Gasteiger partial charge on any atom is -0.464 e. The standard InChI is InChI=1S/C25H29N3O3/c1-17-8-9-20-21(14-17)26-24(25(30)31-2)23(20)27-22(29)16-28-12-10-19(11-13-28)15-18-6-4-3-5-7-18/h3-9,14,19,26H,10-13,15-16H2,1-2H3,(H,27,29)/p+1. The molecule has 3 aromatic rings. The second-order valence-electron chi connectivity index (χ2n) is 8.52. The Kier molecular flexibility index (Phi) is 6.37. The molecule has 1 fully saturated rings. The third-order valence-electron chi connectivity index (χ3n) is 6.20. The second-order valence-corrected chi connectivity index (χ2v) is 8.52. The Morgan fingerprint density at radius 1 is 1.13 bits per heavy atom. The largest absolute Gasteiger partial charge is 0.464 e. The number of amides is 1. The fraction of sp³-hybridized carbons (Fsp3) is 0.360.